The zero-order chi connectivity index (χ0) is 39.3. The van der Waals surface area contributed by atoms with Gasteiger partial charge in [0, 0.05) is 39.8 Å². The Morgan fingerprint density at radius 2 is 0.926 bits per heavy atom. The average molecular weight is 735 g/mol. The molecule has 4 aromatic rings. The fourth-order valence-corrected chi connectivity index (χ4v) is 6.08. The summed E-state index contributed by atoms with van der Waals surface area (Å²) in [6.07, 6.45) is -0.431. The number of nitrogens with one attached hydrogen (secondary N) is 2. The van der Waals surface area contributed by atoms with Crippen LogP contribution in [0.2, 0.25) is 0 Å². The van der Waals surface area contributed by atoms with Crippen molar-refractivity contribution in [2.75, 3.05) is 14.1 Å². The number of amides is 4. The van der Waals surface area contributed by atoms with Crippen LogP contribution in [-0.4, -0.2) is 88.6 Å². The van der Waals surface area contributed by atoms with Crippen molar-refractivity contribution in [3.63, 3.8) is 0 Å². The summed E-state index contributed by atoms with van der Waals surface area (Å²) in [7, 11) is 2.99. The molecular formula is C43H50N4O7. The second-order valence-electron chi connectivity index (χ2n) is 14.3. The van der Waals surface area contributed by atoms with Crippen LogP contribution >= 0.6 is 0 Å². The van der Waals surface area contributed by atoms with Crippen molar-refractivity contribution >= 4 is 29.8 Å². The van der Waals surface area contributed by atoms with E-state index in [-0.39, 0.29) is 25.7 Å². The number of hydrogen-bond acceptors (Lipinski definition) is 6. The Morgan fingerprint density at radius 3 is 1.33 bits per heavy atom. The summed E-state index contributed by atoms with van der Waals surface area (Å²) in [5.41, 5.74) is 2.20. The van der Waals surface area contributed by atoms with E-state index in [1.165, 1.54) is 23.9 Å². The van der Waals surface area contributed by atoms with Gasteiger partial charge in [0.1, 0.15) is 29.8 Å². The minimum absolute atomic E-state index is 0.0406. The van der Waals surface area contributed by atoms with E-state index >= 15 is 0 Å². The molecule has 0 fully saturated rings. The van der Waals surface area contributed by atoms with Crippen LogP contribution in [0.3, 0.4) is 0 Å². The molecule has 54 heavy (non-hydrogen) atoms. The lowest BCUT2D eigenvalue weighted by Crippen LogP contribution is -2.59. The normalized spacial score (nSPS) is 13.4. The maximum absolute atomic E-state index is 14.8. The van der Waals surface area contributed by atoms with Crippen LogP contribution < -0.4 is 10.6 Å². The van der Waals surface area contributed by atoms with E-state index in [0.717, 1.165) is 22.3 Å². The fraction of sp³-hybridized carbons (Fsp3) is 0.326. The van der Waals surface area contributed by atoms with Crippen LogP contribution in [0.15, 0.2) is 121 Å². The van der Waals surface area contributed by atoms with Crippen molar-refractivity contribution in [3.8, 4) is 0 Å². The highest BCUT2D eigenvalue weighted by atomic mass is 16.6. The largest absolute Gasteiger partial charge is 0.480 e. The third kappa shape index (κ3) is 12.3. The quantitative estimate of drug-likeness (QED) is 0.146. The standard InChI is InChI=1S/C43H50N4O7/c1-43(2,3)54-42(53)45-34(26-30-18-10-6-11-19-30)39(49)47(5)37(29-33-24-16-9-17-25-33)40(50)46(4)36(28-32-22-14-8-15-23-32)38(48)44-35(41(51)52)27-31-20-12-7-13-21-31/h6-25,34-37H,26-29H2,1-5H3,(H,44,48)(H,45,53)(H,51,52)/t34-,35-,36-,37-/m0/s1. The van der Waals surface area contributed by atoms with E-state index < -0.39 is 59.6 Å². The molecule has 3 N–H and O–H groups in total. The third-order valence-electron chi connectivity index (χ3n) is 8.93. The number of carbonyl (C=O) groups is 5. The Bertz CT molecular complexity index is 1830. The number of carbonyl (C=O) groups excluding carboxylic acids is 4. The van der Waals surface area contributed by atoms with Gasteiger partial charge in [-0.25, -0.2) is 9.59 Å². The Labute approximate surface area is 317 Å². The Balaban J connectivity index is 1.68. The van der Waals surface area contributed by atoms with Crippen molar-refractivity contribution < 1.29 is 33.8 Å². The lowest BCUT2D eigenvalue weighted by atomic mass is 9.98. The second-order valence-corrected chi connectivity index (χ2v) is 14.3. The minimum atomic E-state index is -1.26. The SMILES string of the molecule is CN(C(=O)[C@H](Cc1ccccc1)NC(=O)OC(C)(C)C)[C@@H](Cc1ccccc1)C(=O)N(C)[C@@H](Cc1ccccc1)C(=O)N[C@@H](Cc1ccccc1)C(=O)O. The molecule has 4 aromatic carbocycles. The van der Waals surface area contributed by atoms with Gasteiger partial charge < -0.3 is 30.3 Å². The first-order valence-corrected chi connectivity index (χ1v) is 17.9. The number of carboxylic acid groups (broad SMARTS) is 1. The molecule has 0 aliphatic rings. The topological polar surface area (TPSA) is 145 Å². The summed E-state index contributed by atoms with van der Waals surface area (Å²) in [4.78, 5) is 71.3. The molecule has 11 heteroatoms. The van der Waals surface area contributed by atoms with Crippen LogP contribution in [-0.2, 0) is 49.6 Å². The van der Waals surface area contributed by atoms with Crippen molar-refractivity contribution in [1.29, 1.82) is 0 Å². The van der Waals surface area contributed by atoms with Crippen molar-refractivity contribution in [1.82, 2.24) is 20.4 Å². The summed E-state index contributed by atoms with van der Waals surface area (Å²) in [6, 6.07) is 31.8. The highest BCUT2D eigenvalue weighted by molar-refractivity contribution is 5.95. The van der Waals surface area contributed by atoms with E-state index in [0.29, 0.717) is 0 Å². The number of ether oxygens (including phenoxy) is 1. The maximum Gasteiger partial charge on any atom is 0.408 e. The summed E-state index contributed by atoms with van der Waals surface area (Å²) in [6.45, 7) is 5.17. The van der Waals surface area contributed by atoms with Gasteiger partial charge in [-0.1, -0.05) is 121 Å². The Kier molecular flexibility index (Phi) is 14.5. The number of carboxylic acids is 1. The number of rotatable bonds is 16. The molecule has 0 aromatic heterocycles. The summed E-state index contributed by atoms with van der Waals surface area (Å²) in [5, 5.41) is 15.5. The van der Waals surface area contributed by atoms with Crippen molar-refractivity contribution in [2.24, 2.45) is 0 Å². The molecule has 0 unspecified atom stereocenters. The number of alkyl carbamates (subject to hydrolysis) is 1. The molecule has 0 spiro atoms. The summed E-state index contributed by atoms with van der Waals surface area (Å²) >= 11 is 0. The van der Waals surface area contributed by atoms with Gasteiger partial charge in [-0.15, -0.1) is 0 Å². The van der Waals surface area contributed by atoms with Gasteiger partial charge in [0.15, 0.2) is 0 Å². The predicted octanol–water partition coefficient (Wildman–Crippen LogP) is 5.07. The lowest BCUT2D eigenvalue weighted by molar-refractivity contribution is -0.149. The van der Waals surface area contributed by atoms with Gasteiger partial charge in [0.25, 0.3) is 0 Å². The number of nitrogens with zero attached hydrogens (tertiary/aromatic N) is 2. The molecule has 0 saturated carbocycles. The molecule has 4 rings (SSSR count). The predicted molar refractivity (Wildman–Crippen MR) is 206 cm³/mol. The monoisotopic (exact) mass is 734 g/mol. The second kappa shape index (κ2) is 19.2. The first-order valence-electron chi connectivity index (χ1n) is 17.9. The number of aliphatic carboxylic acids is 1. The van der Waals surface area contributed by atoms with E-state index in [1.807, 2.05) is 97.1 Å². The third-order valence-corrected chi connectivity index (χ3v) is 8.93. The molecule has 0 aliphatic heterocycles. The molecule has 4 atom stereocenters. The van der Waals surface area contributed by atoms with Crippen molar-refractivity contribution in [2.45, 2.75) is 76.2 Å². The van der Waals surface area contributed by atoms with Crippen LogP contribution in [0.5, 0.6) is 0 Å². The Hall–Kier alpha value is -5.97. The molecule has 0 heterocycles. The number of benzene rings is 4. The summed E-state index contributed by atoms with van der Waals surface area (Å²) in [5.74, 6) is -2.95. The molecule has 284 valence electrons. The van der Waals surface area contributed by atoms with Crippen LogP contribution in [0.25, 0.3) is 0 Å². The molecular weight excluding hydrogens is 684 g/mol. The van der Waals surface area contributed by atoms with Gasteiger partial charge in [-0.2, -0.15) is 0 Å². The fourth-order valence-electron chi connectivity index (χ4n) is 6.08. The molecule has 0 radical (unpaired) electrons. The van der Waals surface area contributed by atoms with Gasteiger partial charge in [0.05, 0.1) is 0 Å². The van der Waals surface area contributed by atoms with Gasteiger partial charge in [-0.05, 0) is 43.0 Å². The first-order chi connectivity index (χ1) is 25.7. The van der Waals surface area contributed by atoms with E-state index in [9.17, 15) is 29.1 Å². The average Bonchev–Trinajstić information content (AvgIpc) is 3.15. The van der Waals surface area contributed by atoms with Crippen LogP contribution in [0.1, 0.15) is 43.0 Å². The van der Waals surface area contributed by atoms with Gasteiger partial charge in [0.2, 0.25) is 17.7 Å². The molecule has 11 nitrogen and oxygen atoms in total. The Morgan fingerprint density at radius 1 is 0.556 bits per heavy atom. The summed E-state index contributed by atoms with van der Waals surface area (Å²) < 4.78 is 5.50. The number of hydrogen-bond donors (Lipinski definition) is 3. The molecule has 0 aliphatic carbocycles. The zero-order valence-corrected chi connectivity index (χ0v) is 31.5. The molecule has 4 amide bonds. The van der Waals surface area contributed by atoms with E-state index in [4.69, 9.17) is 4.74 Å². The lowest BCUT2D eigenvalue weighted by Gasteiger charge is -2.36. The van der Waals surface area contributed by atoms with E-state index in [2.05, 4.69) is 10.6 Å². The van der Waals surface area contributed by atoms with Crippen molar-refractivity contribution in [3.05, 3.63) is 144 Å². The van der Waals surface area contributed by atoms with Crippen LogP contribution in [0, 0.1) is 0 Å². The van der Waals surface area contributed by atoms with Gasteiger partial charge >= 0.3 is 12.1 Å². The highest BCUT2D eigenvalue weighted by Crippen LogP contribution is 2.18. The minimum Gasteiger partial charge on any atom is -0.480 e. The molecule has 0 bridgehead atoms. The van der Waals surface area contributed by atoms with Gasteiger partial charge in [-0.3, -0.25) is 14.4 Å². The van der Waals surface area contributed by atoms with E-state index in [1.54, 1.807) is 45.0 Å². The smallest absolute Gasteiger partial charge is 0.408 e. The van der Waals surface area contributed by atoms with Crippen LogP contribution in [0.4, 0.5) is 4.79 Å². The molecule has 0 saturated heterocycles. The zero-order valence-electron chi connectivity index (χ0n) is 31.5. The maximum atomic E-state index is 14.8. The number of likely N-dealkylation sites (N-methyl/N-ethyl adjacent to an activating group) is 2. The first kappa shape index (κ1) is 40.8. The highest BCUT2D eigenvalue weighted by Gasteiger charge is 2.38.